The Morgan fingerprint density at radius 2 is 1.89 bits per heavy atom. The number of nitro benzene ring substituents is 1. The van der Waals surface area contributed by atoms with Crippen LogP contribution in [-0.2, 0) is 4.79 Å². The maximum atomic E-state index is 14.7. The summed E-state index contributed by atoms with van der Waals surface area (Å²) in [6.45, 7) is 11.4. The lowest BCUT2D eigenvalue weighted by Crippen LogP contribution is -3.14. The van der Waals surface area contributed by atoms with E-state index in [2.05, 4.69) is 6.92 Å². The van der Waals surface area contributed by atoms with Gasteiger partial charge in [-0.25, -0.2) is 4.39 Å². The van der Waals surface area contributed by atoms with E-state index in [1.165, 1.54) is 11.8 Å². The first-order valence-corrected chi connectivity index (χ1v) is 9.90. The maximum absolute atomic E-state index is 14.7. The van der Waals surface area contributed by atoms with Gasteiger partial charge in [-0.1, -0.05) is 0 Å². The minimum atomic E-state index is -0.550. The van der Waals surface area contributed by atoms with Crippen molar-refractivity contribution in [3.63, 3.8) is 0 Å². The monoisotopic (exact) mass is 394 g/mol. The normalized spacial score (nSPS) is 21.1. The van der Waals surface area contributed by atoms with Crippen molar-refractivity contribution in [3.05, 3.63) is 28.1 Å². The van der Waals surface area contributed by atoms with Crippen molar-refractivity contribution in [2.45, 2.75) is 26.8 Å². The molecule has 0 aliphatic carbocycles. The van der Waals surface area contributed by atoms with Gasteiger partial charge < -0.3 is 19.6 Å². The molecule has 9 heteroatoms. The van der Waals surface area contributed by atoms with E-state index in [-0.39, 0.29) is 17.6 Å². The van der Waals surface area contributed by atoms with Crippen LogP contribution in [0, 0.1) is 15.9 Å². The van der Waals surface area contributed by atoms with Crippen LogP contribution in [0.4, 0.5) is 21.5 Å². The molecule has 0 bridgehead atoms. The lowest BCUT2D eigenvalue weighted by Gasteiger charge is -2.40. The van der Waals surface area contributed by atoms with Crippen LogP contribution in [-0.4, -0.2) is 74.1 Å². The number of quaternary nitrogens is 1. The minimum Gasteiger partial charge on any atom is -0.362 e. The largest absolute Gasteiger partial charge is 0.362 e. The number of nitrogens with one attached hydrogen (secondary N) is 1. The van der Waals surface area contributed by atoms with Crippen molar-refractivity contribution in [1.29, 1.82) is 0 Å². The van der Waals surface area contributed by atoms with Gasteiger partial charge in [0.25, 0.3) is 5.69 Å². The fraction of sp³-hybridized carbons (Fsp3) is 0.632. The number of hydrogen-bond acceptors (Lipinski definition) is 5. The predicted molar refractivity (Wildman–Crippen MR) is 106 cm³/mol. The van der Waals surface area contributed by atoms with E-state index in [1.54, 1.807) is 11.0 Å². The number of anilines is 2. The number of piperazine rings is 2. The number of rotatable bonds is 4. The fourth-order valence-corrected chi connectivity index (χ4v) is 4.24. The Kier molecular flexibility index (Phi) is 6.02. The Balaban J connectivity index is 1.89. The van der Waals surface area contributed by atoms with Crippen molar-refractivity contribution in [1.82, 2.24) is 4.90 Å². The van der Waals surface area contributed by atoms with Gasteiger partial charge in [-0.15, -0.1) is 0 Å². The van der Waals surface area contributed by atoms with Gasteiger partial charge in [0, 0.05) is 32.6 Å². The molecule has 154 valence electrons. The molecule has 3 rings (SSSR count). The summed E-state index contributed by atoms with van der Waals surface area (Å²) in [4.78, 5) is 29.9. The zero-order valence-electron chi connectivity index (χ0n) is 16.8. The molecule has 8 nitrogen and oxygen atoms in total. The third-order valence-electron chi connectivity index (χ3n) is 5.92. The van der Waals surface area contributed by atoms with Crippen LogP contribution in [0.5, 0.6) is 0 Å². The van der Waals surface area contributed by atoms with Crippen LogP contribution in [0.2, 0.25) is 0 Å². The maximum Gasteiger partial charge on any atom is 0.295 e. The van der Waals surface area contributed by atoms with Crippen LogP contribution in [0.3, 0.4) is 0 Å². The summed E-state index contributed by atoms with van der Waals surface area (Å²) in [5.41, 5.74) is 0.640. The first-order chi connectivity index (χ1) is 13.3. The highest BCUT2D eigenvalue weighted by molar-refractivity contribution is 5.75. The molecule has 1 aromatic carbocycles. The van der Waals surface area contributed by atoms with E-state index in [0.717, 1.165) is 38.8 Å². The third-order valence-corrected chi connectivity index (χ3v) is 5.92. The smallest absolute Gasteiger partial charge is 0.295 e. The molecule has 1 N–H and O–H groups in total. The second-order valence-electron chi connectivity index (χ2n) is 7.65. The summed E-state index contributed by atoms with van der Waals surface area (Å²) in [6, 6.07) is 2.61. The zero-order valence-corrected chi connectivity index (χ0v) is 16.8. The van der Waals surface area contributed by atoms with Crippen molar-refractivity contribution in [2.24, 2.45) is 0 Å². The SMILES string of the molecule is CC[NH+]1CCN(c2cc(N3CCN(C(C)=O)[C@H](C)C3)c([N+](=O)[O-])cc2F)CC1. The lowest BCUT2D eigenvalue weighted by atomic mass is 10.1. The first-order valence-electron chi connectivity index (χ1n) is 9.90. The zero-order chi connectivity index (χ0) is 20.4. The molecular weight excluding hydrogens is 365 g/mol. The van der Waals surface area contributed by atoms with Gasteiger partial charge in [-0.05, 0) is 19.9 Å². The topological polar surface area (TPSA) is 74.4 Å². The van der Waals surface area contributed by atoms with Gasteiger partial charge in [0.2, 0.25) is 5.91 Å². The summed E-state index contributed by atoms with van der Waals surface area (Å²) < 4.78 is 14.7. The molecule has 2 fully saturated rings. The molecule has 0 spiro atoms. The molecule has 28 heavy (non-hydrogen) atoms. The Morgan fingerprint density at radius 1 is 1.21 bits per heavy atom. The molecule has 2 saturated heterocycles. The number of carbonyl (C=O) groups is 1. The predicted octanol–water partition coefficient (Wildman–Crippen LogP) is 0.516. The van der Waals surface area contributed by atoms with E-state index in [9.17, 15) is 19.3 Å². The third kappa shape index (κ3) is 4.04. The number of benzene rings is 1. The van der Waals surface area contributed by atoms with E-state index in [4.69, 9.17) is 0 Å². The number of likely N-dealkylation sites (N-methyl/N-ethyl adjacent to an activating group) is 1. The molecule has 2 aliphatic heterocycles. The van der Waals surface area contributed by atoms with Gasteiger partial charge in [0.15, 0.2) is 5.82 Å². The molecule has 1 amide bonds. The van der Waals surface area contributed by atoms with Crippen LogP contribution in [0.15, 0.2) is 12.1 Å². The number of amides is 1. The van der Waals surface area contributed by atoms with Crippen LogP contribution < -0.4 is 14.7 Å². The van der Waals surface area contributed by atoms with Gasteiger partial charge in [-0.2, -0.15) is 0 Å². The Morgan fingerprint density at radius 3 is 2.43 bits per heavy atom. The van der Waals surface area contributed by atoms with Crippen LogP contribution >= 0.6 is 0 Å². The average Bonchev–Trinajstić information content (AvgIpc) is 2.67. The van der Waals surface area contributed by atoms with Crippen molar-refractivity contribution >= 4 is 23.0 Å². The summed E-state index contributed by atoms with van der Waals surface area (Å²) >= 11 is 0. The van der Waals surface area contributed by atoms with Crippen molar-refractivity contribution < 1.29 is 19.0 Å². The van der Waals surface area contributed by atoms with E-state index in [0.29, 0.717) is 31.0 Å². The second-order valence-corrected chi connectivity index (χ2v) is 7.65. The number of nitrogens with zero attached hydrogens (tertiary/aromatic N) is 4. The molecule has 0 aromatic heterocycles. The van der Waals surface area contributed by atoms with Crippen molar-refractivity contribution in [2.75, 3.05) is 62.2 Å². The Labute approximate surface area is 164 Å². The second kappa shape index (κ2) is 8.30. The molecule has 0 unspecified atom stereocenters. The highest BCUT2D eigenvalue weighted by Crippen LogP contribution is 2.36. The summed E-state index contributed by atoms with van der Waals surface area (Å²) in [5, 5.41) is 11.6. The van der Waals surface area contributed by atoms with E-state index >= 15 is 0 Å². The molecular formula is C19H29FN5O3+. The summed E-state index contributed by atoms with van der Waals surface area (Å²) in [5.74, 6) is -0.552. The first kappa shape index (κ1) is 20.3. The summed E-state index contributed by atoms with van der Waals surface area (Å²) in [6.07, 6.45) is 0. The molecule has 0 saturated carbocycles. The standard InChI is InChI=1S/C19H28FN5O3/c1-4-21-5-7-22(8-6-21)17-12-18(19(25(27)28)11-16(17)20)23-9-10-24(15(3)26)14(2)13-23/h11-12,14H,4-10,13H2,1-3H3/p+1/t14-/m1/s1. The fourth-order valence-electron chi connectivity index (χ4n) is 4.24. The quantitative estimate of drug-likeness (QED) is 0.595. The van der Waals surface area contributed by atoms with Crippen molar-refractivity contribution in [3.8, 4) is 0 Å². The molecule has 0 radical (unpaired) electrons. The Hall–Kier alpha value is -2.42. The summed E-state index contributed by atoms with van der Waals surface area (Å²) in [7, 11) is 0. The van der Waals surface area contributed by atoms with Gasteiger partial charge in [0.1, 0.15) is 5.69 Å². The molecule has 2 aliphatic rings. The van der Waals surface area contributed by atoms with Crippen LogP contribution in [0.25, 0.3) is 0 Å². The van der Waals surface area contributed by atoms with E-state index < -0.39 is 10.7 Å². The molecule has 1 atom stereocenters. The number of hydrogen-bond donors (Lipinski definition) is 1. The van der Waals surface area contributed by atoms with Gasteiger partial charge in [-0.3, -0.25) is 14.9 Å². The van der Waals surface area contributed by atoms with Crippen LogP contribution in [0.1, 0.15) is 20.8 Å². The Bertz CT molecular complexity index is 751. The van der Waals surface area contributed by atoms with E-state index in [1.807, 2.05) is 16.7 Å². The van der Waals surface area contributed by atoms with Gasteiger partial charge >= 0.3 is 0 Å². The molecule has 1 aromatic rings. The highest BCUT2D eigenvalue weighted by Gasteiger charge is 2.31. The molecule has 2 heterocycles. The number of carbonyl (C=O) groups excluding carboxylic acids is 1. The lowest BCUT2D eigenvalue weighted by molar-refractivity contribution is -0.898. The van der Waals surface area contributed by atoms with Gasteiger partial charge in [0.05, 0.1) is 49.4 Å². The number of halogens is 1. The number of nitro groups is 1. The highest BCUT2D eigenvalue weighted by atomic mass is 19.1. The average molecular weight is 394 g/mol. The minimum absolute atomic E-state index is 0.00209.